The molecule has 5 nitrogen and oxygen atoms in total. The molecule has 0 aliphatic rings. The van der Waals surface area contributed by atoms with Crippen molar-refractivity contribution in [3.8, 4) is 0 Å². The van der Waals surface area contributed by atoms with Crippen molar-refractivity contribution >= 4 is 23.8 Å². The second-order valence-electron chi connectivity index (χ2n) is 4.62. The van der Waals surface area contributed by atoms with Gasteiger partial charge in [-0.25, -0.2) is 4.79 Å². The molecule has 0 aromatic carbocycles. The van der Waals surface area contributed by atoms with Crippen LogP contribution in [0.5, 0.6) is 0 Å². The first kappa shape index (κ1) is 18.1. The predicted octanol–water partition coefficient (Wildman–Crippen LogP) is 2.46. The number of amides is 2. The molecule has 0 fully saturated rings. The van der Waals surface area contributed by atoms with Crippen LogP contribution in [0.3, 0.4) is 0 Å². The summed E-state index contributed by atoms with van der Waals surface area (Å²) in [6.07, 6.45) is 4.58. The Morgan fingerprint density at radius 1 is 1.26 bits per heavy atom. The molecule has 1 unspecified atom stereocenters. The summed E-state index contributed by atoms with van der Waals surface area (Å²) in [5, 5.41) is 14.3. The van der Waals surface area contributed by atoms with E-state index in [1.807, 2.05) is 13.2 Å². The highest BCUT2D eigenvalue weighted by molar-refractivity contribution is 8.00. The molecule has 19 heavy (non-hydrogen) atoms. The van der Waals surface area contributed by atoms with Gasteiger partial charge in [0.1, 0.15) is 0 Å². The van der Waals surface area contributed by atoms with Gasteiger partial charge in [-0.05, 0) is 25.5 Å². The average molecular weight is 290 g/mol. The normalized spacial score (nSPS) is 12.8. The number of carbonyl (C=O) groups excluding carboxylic acids is 1. The van der Waals surface area contributed by atoms with E-state index in [-0.39, 0.29) is 23.2 Å². The first-order chi connectivity index (χ1) is 8.92. The van der Waals surface area contributed by atoms with Crippen molar-refractivity contribution < 1.29 is 14.7 Å². The molecule has 0 aromatic rings. The zero-order chi connectivity index (χ0) is 14.9. The van der Waals surface area contributed by atoms with E-state index in [2.05, 4.69) is 24.5 Å². The molecule has 6 heteroatoms. The quantitative estimate of drug-likeness (QED) is 0.609. The number of thioether (sulfide) groups is 1. The number of carboxylic acid groups (broad SMARTS) is 1. The topological polar surface area (TPSA) is 78.4 Å². The zero-order valence-corrected chi connectivity index (χ0v) is 13.1. The number of carboxylic acids is 1. The summed E-state index contributed by atoms with van der Waals surface area (Å²) in [6, 6.07) is -0.599. The van der Waals surface area contributed by atoms with E-state index in [1.54, 1.807) is 11.8 Å². The van der Waals surface area contributed by atoms with E-state index < -0.39 is 5.97 Å². The number of urea groups is 1. The highest BCUT2D eigenvalue weighted by atomic mass is 32.2. The Balaban J connectivity index is 4.26. The lowest BCUT2D eigenvalue weighted by molar-refractivity contribution is -0.137. The summed E-state index contributed by atoms with van der Waals surface area (Å²) in [6.45, 7) is 6.67. The van der Waals surface area contributed by atoms with Crippen LogP contribution in [-0.4, -0.2) is 40.7 Å². The zero-order valence-electron chi connectivity index (χ0n) is 12.3. The van der Waals surface area contributed by atoms with Crippen LogP contribution in [0.1, 0.15) is 46.5 Å². The minimum Gasteiger partial charge on any atom is -0.481 e. The van der Waals surface area contributed by atoms with E-state index >= 15 is 0 Å². The van der Waals surface area contributed by atoms with Gasteiger partial charge in [-0.1, -0.05) is 20.8 Å². The van der Waals surface area contributed by atoms with E-state index in [0.29, 0.717) is 13.0 Å². The predicted molar refractivity (Wildman–Crippen MR) is 79.7 cm³/mol. The number of hydrogen-bond acceptors (Lipinski definition) is 3. The van der Waals surface area contributed by atoms with Gasteiger partial charge in [-0.3, -0.25) is 4.79 Å². The smallest absolute Gasteiger partial charge is 0.315 e. The Morgan fingerprint density at radius 2 is 1.84 bits per heavy atom. The molecular weight excluding hydrogens is 264 g/mol. The van der Waals surface area contributed by atoms with Crippen molar-refractivity contribution in [3.63, 3.8) is 0 Å². The maximum absolute atomic E-state index is 11.8. The maximum atomic E-state index is 11.8. The lowest BCUT2D eigenvalue weighted by Gasteiger charge is -2.30. The van der Waals surface area contributed by atoms with E-state index in [1.165, 1.54) is 0 Å². The van der Waals surface area contributed by atoms with Gasteiger partial charge in [0.15, 0.2) is 0 Å². The Hall–Kier alpha value is -0.910. The van der Waals surface area contributed by atoms with E-state index in [4.69, 9.17) is 5.11 Å². The van der Waals surface area contributed by atoms with Crippen LogP contribution in [0.2, 0.25) is 0 Å². The Bertz CT molecular complexity index is 285. The average Bonchev–Trinajstić information content (AvgIpc) is 2.39. The molecule has 0 bridgehead atoms. The SMILES string of the molecule is CCC(CC(=O)O)NC(=O)NCC(CC)(CC)SC. The molecule has 3 N–H and O–H groups in total. The second kappa shape index (κ2) is 9.07. The van der Waals surface area contributed by atoms with Gasteiger partial charge in [-0.15, -0.1) is 0 Å². The highest BCUT2D eigenvalue weighted by Gasteiger charge is 2.25. The largest absolute Gasteiger partial charge is 0.481 e. The molecule has 0 rings (SSSR count). The van der Waals surface area contributed by atoms with Crippen molar-refractivity contribution in [2.75, 3.05) is 12.8 Å². The minimum atomic E-state index is -0.896. The number of hydrogen-bond donors (Lipinski definition) is 3. The molecule has 0 spiro atoms. The maximum Gasteiger partial charge on any atom is 0.315 e. The van der Waals surface area contributed by atoms with Gasteiger partial charge in [0.05, 0.1) is 6.42 Å². The molecular formula is C13H26N2O3S. The Kier molecular flexibility index (Phi) is 8.63. The molecule has 0 heterocycles. The van der Waals surface area contributed by atoms with Crippen LogP contribution in [0.25, 0.3) is 0 Å². The van der Waals surface area contributed by atoms with Gasteiger partial charge in [0.2, 0.25) is 0 Å². The summed E-state index contributed by atoms with van der Waals surface area (Å²) in [7, 11) is 0. The molecule has 1 atom stereocenters. The van der Waals surface area contributed by atoms with Crippen LogP contribution in [-0.2, 0) is 4.79 Å². The van der Waals surface area contributed by atoms with Crippen molar-refractivity contribution in [3.05, 3.63) is 0 Å². The number of nitrogens with one attached hydrogen (secondary N) is 2. The fraction of sp³-hybridized carbons (Fsp3) is 0.846. The fourth-order valence-corrected chi connectivity index (χ4v) is 2.64. The van der Waals surface area contributed by atoms with Crippen LogP contribution in [0.4, 0.5) is 4.79 Å². The molecule has 112 valence electrons. The molecule has 2 amide bonds. The minimum absolute atomic E-state index is 0.0425. The second-order valence-corrected chi connectivity index (χ2v) is 5.90. The van der Waals surface area contributed by atoms with Crippen LogP contribution in [0.15, 0.2) is 0 Å². The summed E-state index contributed by atoms with van der Waals surface area (Å²) in [5.74, 6) is -0.896. The van der Waals surface area contributed by atoms with Crippen LogP contribution in [0, 0.1) is 0 Å². The lowest BCUT2D eigenvalue weighted by Crippen LogP contribution is -2.47. The van der Waals surface area contributed by atoms with Crippen molar-refractivity contribution in [2.45, 2.75) is 57.2 Å². The van der Waals surface area contributed by atoms with E-state index in [9.17, 15) is 9.59 Å². The summed E-state index contributed by atoms with van der Waals surface area (Å²) < 4.78 is 0.0614. The highest BCUT2D eigenvalue weighted by Crippen LogP contribution is 2.29. The van der Waals surface area contributed by atoms with E-state index in [0.717, 1.165) is 12.8 Å². The molecule has 0 saturated heterocycles. The van der Waals surface area contributed by atoms with Crippen molar-refractivity contribution in [2.24, 2.45) is 0 Å². The van der Waals surface area contributed by atoms with Gasteiger partial charge < -0.3 is 15.7 Å². The molecule has 0 saturated carbocycles. The third-order valence-corrected chi connectivity index (χ3v) is 5.13. The summed E-state index contributed by atoms with van der Waals surface area (Å²) in [4.78, 5) is 22.4. The monoisotopic (exact) mass is 290 g/mol. The third kappa shape index (κ3) is 6.71. The molecule has 0 aliphatic carbocycles. The third-order valence-electron chi connectivity index (χ3n) is 3.54. The number of aliphatic carboxylic acids is 1. The summed E-state index contributed by atoms with van der Waals surface area (Å²) >= 11 is 1.76. The van der Waals surface area contributed by atoms with Crippen LogP contribution < -0.4 is 10.6 Å². The van der Waals surface area contributed by atoms with Crippen LogP contribution >= 0.6 is 11.8 Å². The first-order valence-corrected chi connectivity index (χ1v) is 7.96. The number of carbonyl (C=O) groups is 2. The Morgan fingerprint density at radius 3 is 2.21 bits per heavy atom. The van der Waals surface area contributed by atoms with Crippen molar-refractivity contribution in [1.82, 2.24) is 10.6 Å². The van der Waals surface area contributed by atoms with Gasteiger partial charge >= 0.3 is 12.0 Å². The molecule has 0 radical (unpaired) electrons. The lowest BCUT2D eigenvalue weighted by atomic mass is 10.0. The molecule has 0 aliphatic heterocycles. The standard InChI is InChI=1S/C13H26N2O3S/c1-5-10(8-11(16)17)15-12(18)14-9-13(6-2,7-3)19-4/h10H,5-9H2,1-4H3,(H,16,17)(H2,14,15,18). The van der Waals surface area contributed by atoms with Gasteiger partial charge in [0, 0.05) is 17.3 Å². The Labute approximate surface area is 119 Å². The molecule has 0 aromatic heterocycles. The van der Waals surface area contributed by atoms with Gasteiger partial charge in [-0.2, -0.15) is 11.8 Å². The van der Waals surface area contributed by atoms with Gasteiger partial charge in [0.25, 0.3) is 0 Å². The first-order valence-electron chi connectivity index (χ1n) is 6.74. The van der Waals surface area contributed by atoms with Crippen molar-refractivity contribution in [1.29, 1.82) is 0 Å². The number of rotatable bonds is 9. The summed E-state index contributed by atoms with van der Waals surface area (Å²) in [5.41, 5.74) is 0. The fourth-order valence-electron chi connectivity index (χ4n) is 1.85.